The molecule has 0 amide bonds. The van der Waals surface area contributed by atoms with Crippen molar-refractivity contribution in [2.45, 2.75) is 72.4 Å². The number of ether oxygens (including phenoxy) is 1. The number of methoxy groups -OCH3 is 1. The van der Waals surface area contributed by atoms with E-state index in [0.717, 1.165) is 36.6 Å². The first-order valence-corrected chi connectivity index (χ1v) is 9.87. The molecule has 0 spiro atoms. The second-order valence-corrected chi connectivity index (χ2v) is 9.03. The molecule has 0 aliphatic heterocycles. The normalized spacial score (nSPS) is 21.1. The highest BCUT2D eigenvalue weighted by atomic mass is 16.5. The highest BCUT2D eigenvalue weighted by molar-refractivity contribution is 5.54. The molecule has 4 heteroatoms. The maximum atomic E-state index is 5.61. The first-order chi connectivity index (χ1) is 12.3. The van der Waals surface area contributed by atoms with Crippen molar-refractivity contribution in [1.29, 1.82) is 0 Å². The van der Waals surface area contributed by atoms with E-state index in [1.54, 1.807) is 0 Å². The molecule has 3 rings (SSSR count). The lowest BCUT2D eigenvalue weighted by molar-refractivity contribution is 0.0501. The van der Waals surface area contributed by atoms with Gasteiger partial charge in [-0.3, -0.25) is 0 Å². The van der Waals surface area contributed by atoms with Crippen LogP contribution in [-0.2, 0) is 17.7 Å². The lowest BCUT2D eigenvalue weighted by Crippen LogP contribution is -2.25. The fraction of sp³-hybridized carbons (Fsp3) is 0.636. The molecule has 26 heavy (non-hydrogen) atoms. The van der Waals surface area contributed by atoms with Crippen LogP contribution in [-0.4, -0.2) is 28.0 Å². The van der Waals surface area contributed by atoms with Crippen LogP contribution in [0.3, 0.4) is 0 Å². The largest absolute Gasteiger partial charge is 0.381 e. The minimum atomic E-state index is 0.175. The van der Waals surface area contributed by atoms with Crippen LogP contribution in [0.2, 0.25) is 0 Å². The highest BCUT2D eigenvalue weighted by Crippen LogP contribution is 2.30. The van der Waals surface area contributed by atoms with Gasteiger partial charge in [0.25, 0.3) is 0 Å². The van der Waals surface area contributed by atoms with Crippen LogP contribution < -0.4 is 0 Å². The molecule has 142 valence electrons. The summed E-state index contributed by atoms with van der Waals surface area (Å²) in [6.07, 6.45) is 6.25. The van der Waals surface area contributed by atoms with Crippen molar-refractivity contribution in [1.82, 2.24) is 14.8 Å². The van der Waals surface area contributed by atoms with Gasteiger partial charge in [-0.15, -0.1) is 0 Å². The third-order valence-corrected chi connectivity index (χ3v) is 5.22. The fourth-order valence-corrected chi connectivity index (χ4v) is 3.83. The van der Waals surface area contributed by atoms with Crippen molar-refractivity contribution < 1.29 is 4.74 Å². The Balaban J connectivity index is 1.85. The van der Waals surface area contributed by atoms with Gasteiger partial charge in [-0.1, -0.05) is 57.0 Å². The van der Waals surface area contributed by atoms with Gasteiger partial charge in [-0.25, -0.2) is 9.67 Å². The Morgan fingerprint density at radius 3 is 2.54 bits per heavy atom. The summed E-state index contributed by atoms with van der Waals surface area (Å²) in [5.41, 5.74) is 2.54. The number of hydrogen-bond donors (Lipinski definition) is 0. The molecular formula is C22H33N3O. The average Bonchev–Trinajstić information content (AvgIpc) is 2.96. The van der Waals surface area contributed by atoms with Crippen molar-refractivity contribution in [3.8, 4) is 11.4 Å². The lowest BCUT2D eigenvalue weighted by atomic mass is 9.85. The van der Waals surface area contributed by atoms with E-state index in [1.807, 2.05) is 7.11 Å². The van der Waals surface area contributed by atoms with Crippen molar-refractivity contribution in [2.75, 3.05) is 7.11 Å². The van der Waals surface area contributed by atoms with Crippen molar-refractivity contribution in [3.05, 3.63) is 35.7 Å². The summed E-state index contributed by atoms with van der Waals surface area (Å²) in [5.74, 6) is 2.61. The van der Waals surface area contributed by atoms with Crippen LogP contribution in [0.25, 0.3) is 11.4 Å². The molecule has 2 atom stereocenters. The van der Waals surface area contributed by atoms with E-state index in [0.29, 0.717) is 12.0 Å². The summed E-state index contributed by atoms with van der Waals surface area (Å²) >= 11 is 0. The quantitative estimate of drug-likeness (QED) is 0.754. The van der Waals surface area contributed by atoms with Crippen LogP contribution in [0.4, 0.5) is 0 Å². The standard InChI is InChI=1S/C22H33N3O/c1-16-9-11-18(12-10-16)21-23-20(25(24-21)15-22(2,3)4)14-17-7-6-8-19(13-17)26-5/h9-12,17,19H,6-8,13-15H2,1-5H3. The summed E-state index contributed by atoms with van der Waals surface area (Å²) < 4.78 is 7.76. The second-order valence-electron chi connectivity index (χ2n) is 9.03. The van der Waals surface area contributed by atoms with Gasteiger partial charge in [-0.2, -0.15) is 5.10 Å². The van der Waals surface area contributed by atoms with Crippen LogP contribution in [0.5, 0.6) is 0 Å². The van der Waals surface area contributed by atoms with Gasteiger partial charge >= 0.3 is 0 Å². The van der Waals surface area contributed by atoms with E-state index in [2.05, 4.69) is 56.6 Å². The Morgan fingerprint density at radius 1 is 1.15 bits per heavy atom. The third-order valence-electron chi connectivity index (χ3n) is 5.22. The molecular weight excluding hydrogens is 322 g/mol. The Hall–Kier alpha value is -1.68. The molecule has 0 radical (unpaired) electrons. The molecule has 2 unspecified atom stereocenters. The van der Waals surface area contributed by atoms with Gasteiger partial charge in [0.1, 0.15) is 5.82 Å². The van der Waals surface area contributed by atoms with Gasteiger partial charge in [0.15, 0.2) is 5.82 Å². The Kier molecular flexibility index (Phi) is 5.81. The summed E-state index contributed by atoms with van der Waals surface area (Å²) in [6, 6.07) is 8.50. The highest BCUT2D eigenvalue weighted by Gasteiger charge is 2.25. The Morgan fingerprint density at radius 2 is 1.88 bits per heavy atom. The molecule has 0 N–H and O–H groups in total. The number of benzene rings is 1. The van der Waals surface area contributed by atoms with Gasteiger partial charge in [0.05, 0.1) is 6.10 Å². The van der Waals surface area contributed by atoms with E-state index in [9.17, 15) is 0 Å². The van der Waals surface area contributed by atoms with E-state index in [1.165, 1.54) is 24.8 Å². The van der Waals surface area contributed by atoms with Crippen molar-refractivity contribution in [2.24, 2.45) is 11.3 Å². The maximum absolute atomic E-state index is 5.61. The summed E-state index contributed by atoms with van der Waals surface area (Å²) in [7, 11) is 1.84. The molecule has 1 aliphatic carbocycles. The molecule has 0 saturated heterocycles. The third kappa shape index (κ3) is 4.94. The zero-order valence-electron chi connectivity index (χ0n) is 17.0. The van der Waals surface area contributed by atoms with E-state index in [4.69, 9.17) is 14.8 Å². The lowest BCUT2D eigenvalue weighted by Gasteiger charge is -2.28. The molecule has 1 aromatic carbocycles. The maximum Gasteiger partial charge on any atom is 0.181 e. The number of rotatable bonds is 5. The number of aromatic nitrogens is 3. The van der Waals surface area contributed by atoms with Crippen LogP contribution in [0, 0.1) is 18.3 Å². The monoisotopic (exact) mass is 355 g/mol. The van der Waals surface area contributed by atoms with E-state index in [-0.39, 0.29) is 5.41 Å². The van der Waals surface area contributed by atoms with Gasteiger partial charge in [0.2, 0.25) is 0 Å². The topological polar surface area (TPSA) is 39.9 Å². The van der Waals surface area contributed by atoms with Crippen LogP contribution >= 0.6 is 0 Å². The fourth-order valence-electron chi connectivity index (χ4n) is 3.83. The van der Waals surface area contributed by atoms with Gasteiger partial charge in [-0.05, 0) is 37.5 Å². The summed E-state index contributed by atoms with van der Waals surface area (Å²) in [4.78, 5) is 4.95. The molecule has 4 nitrogen and oxygen atoms in total. The summed E-state index contributed by atoms with van der Waals surface area (Å²) in [6.45, 7) is 9.76. The first-order valence-electron chi connectivity index (χ1n) is 9.87. The van der Waals surface area contributed by atoms with Crippen molar-refractivity contribution >= 4 is 0 Å². The predicted molar refractivity (Wildman–Crippen MR) is 106 cm³/mol. The Labute approximate surface area is 158 Å². The van der Waals surface area contributed by atoms with E-state index < -0.39 is 0 Å². The van der Waals surface area contributed by atoms with Crippen LogP contribution in [0.15, 0.2) is 24.3 Å². The van der Waals surface area contributed by atoms with Crippen molar-refractivity contribution in [3.63, 3.8) is 0 Å². The zero-order valence-corrected chi connectivity index (χ0v) is 17.0. The van der Waals surface area contributed by atoms with E-state index >= 15 is 0 Å². The first kappa shape index (κ1) is 19.1. The summed E-state index contributed by atoms with van der Waals surface area (Å²) in [5, 5.41) is 4.87. The Bertz CT molecular complexity index is 712. The molecule has 1 heterocycles. The smallest absolute Gasteiger partial charge is 0.181 e. The second kappa shape index (κ2) is 7.91. The molecule has 2 aromatic rings. The SMILES string of the molecule is COC1CCCC(Cc2nc(-c3ccc(C)cc3)nn2CC(C)(C)C)C1. The van der Waals surface area contributed by atoms with Gasteiger partial charge in [0, 0.05) is 25.6 Å². The number of aryl methyl sites for hydroxylation is 1. The average molecular weight is 356 g/mol. The van der Waals surface area contributed by atoms with Crippen LogP contribution in [0.1, 0.15) is 57.8 Å². The van der Waals surface area contributed by atoms with Gasteiger partial charge < -0.3 is 4.74 Å². The molecule has 1 aliphatic rings. The number of hydrogen-bond acceptors (Lipinski definition) is 3. The zero-order chi connectivity index (χ0) is 18.7. The molecule has 0 bridgehead atoms. The minimum absolute atomic E-state index is 0.175. The number of nitrogens with zero attached hydrogens (tertiary/aromatic N) is 3. The molecule has 1 aromatic heterocycles. The minimum Gasteiger partial charge on any atom is -0.381 e. The molecule has 1 saturated carbocycles. The molecule has 1 fully saturated rings. The predicted octanol–water partition coefficient (Wildman–Crippen LogP) is 5.05.